The number of rotatable bonds is 7. The van der Waals surface area contributed by atoms with Gasteiger partial charge in [-0.1, -0.05) is 23.4 Å². The average Bonchev–Trinajstić information content (AvgIpc) is 3.27. The van der Waals surface area contributed by atoms with Crippen LogP contribution in [0.25, 0.3) is 0 Å². The summed E-state index contributed by atoms with van der Waals surface area (Å²) in [5.41, 5.74) is 2.07. The van der Waals surface area contributed by atoms with Crippen LogP contribution in [0.5, 0.6) is 5.75 Å². The van der Waals surface area contributed by atoms with Crippen LogP contribution in [0.2, 0.25) is 0 Å². The average molecular weight is 382 g/mol. The zero-order valence-corrected chi connectivity index (χ0v) is 16.1. The molecule has 1 fully saturated rings. The number of ether oxygens (including phenoxy) is 1. The van der Waals surface area contributed by atoms with Crippen LogP contribution in [0.3, 0.4) is 0 Å². The molecule has 2 aromatic heterocycles. The summed E-state index contributed by atoms with van der Waals surface area (Å²) in [6.07, 6.45) is 3.31. The van der Waals surface area contributed by atoms with Gasteiger partial charge in [0.15, 0.2) is 0 Å². The van der Waals surface area contributed by atoms with Gasteiger partial charge in [-0.25, -0.2) is 4.68 Å². The number of likely N-dealkylation sites (tertiary alicyclic amines) is 1. The molecule has 0 saturated carbocycles. The second kappa shape index (κ2) is 7.92. The normalized spacial score (nSPS) is 14.2. The second-order valence-corrected chi connectivity index (χ2v) is 7.77. The highest BCUT2D eigenvalue weighted by atomic mass is 32.1. The molecular formula is C20H22N4O2S. The fourth-order valence-electron chi connectivity index (χ4n) is 3.10. The van der Waals surface area contributed by atoms with Gasteiger partial charge in [0, 0.05) is 24.4 Å². The molecule has 0 atom stereocenters. The van der Waals surface area contributed by atoms with Crippen molar-refractivity contribution < 1.29 is 9.53 Å². The van der Waals surface area contributed by atoms with Crippen LogP contribution in [0.4, 0.5) is 0 Å². The number of benzene rings is 1. The molecule has 6 nitrogen and oxygen atoms in total. The van der Waals surface area contributed by atoms with E-state index in [1.165, 1.54) is 10.4 Å². The van der Waals surface area contributed by atoms with E-state index in [4.69, 9.17) is 4.74 Å². The van der Waals surface area contributed by atoms with Crippen molar-refractivity contribution >= 4 is 17.2 Å². The molecular weight excluding hydrogens is 360 g/mol. The van der Waals surface area contributed by atoms with Crippen molar-refractivity contribution in [1.29, 1.82) is 0 Å². The van der Waals surface area contributed by atoms with Gasteiger partial charge in [0.25, 0.3) is 0 Å². The maximum absolute atomic E-state index is 12.3. The third-order valence-electron chi connectivity index (χ3n) is 4.81. The Morgan fingerprint density at radius 2 is 2.07 bits per heavy atom. The van der Waals surface area contributed by atoms with Crippen molar-refractivity contribution in [1.82, 2.24) is 19.9 Å². The van der Waals surface area contributed by atoms with Gasteiger partial charge >= 0.3 is 0 Å². The van der Waals surface area contributed by atoms with Crippen LogP contribution >= 0.6 is 11.3 Å². The molecule has 1 saturated heterocycles. The van der Waals surface area contributed by atoms with Crippen LogP contribution in [0.1, 0.15) is 28.6 Å². The Balaban J connectivity index is 1.23. The number of amides is 1. The highest BCUT2D eigenvalue weighted by Gasteiger charge is 2.32. The fraction of sp³-hybridized carbons (Fsp3) is 0.350. The van der Waals surface area contributed by atoms with E-state index in [2.05, 4.69) is 28.7 Å². The first-order valence-electron chi connectivity index (χ1n) is 9.08. The van der Waals surface area contributed by atoms with Gasteiger partial charge in [-0.2, -0.15) is 0 Å². The lowest BCUT2D eigenvalue weighted by molar-refractivity contribution is -0.137. The number of carbonyl (C=O) groups is 1. The molecule has 140 valence electrons. The van der Waals surface area contributed by atoms with Crippen molar-refractivity contribution in [3.63, 3.8) is 0 Å². The van der Waals surface area contributed by atoms with Crippen LogP contribution in [0, 0.1) is 6.92 Å². The first-order valence-corrected chi connectivity index (χ1v) is 9.96. The Labute approximate surface area is 162 Å². The van der Waals surface area contributed by atoms with Crippen LogP contribution in [0.15, 0.2) is 48.0 Å². The number of hydrogen-bond acceptors (Lipinski definition) is 5. The highest BCUT2D eigenvalue weighted by molar-refractivity contribution is 7.10. The van der Waals surface area contributed by atoms with Crippen LogP contribution in [-0.4, -0.2) is 38.9 Å². The molecule has 27 heavy (non-hydrogen) atoms. The predicted octanol–water partition coefficient (Wildman–Crippen LogP) is 3.24. The topological polar surface area (TPSA) is 60.2 Å². The Kier molecular flexibility index (Phi) is 5.20. The first-order chi connectivity index (χ1) is 13.2. The second-order valence-electron chi connectivity index (χ2n) is 6.77. The van der Waals surface area contributed by atoms with E-state index in [1.807, 2.05) is 46.1 Å². The SMILES string of the molecule is Cc1ccsc1CCC(=O)N1CC(n2cc(COc3ccccc3)nn2)C1. The summed E-state index contributed by atoms with van der Waals surface area (Å²) in [6, 6.07) is 12.0. The van der Waals surface area contributed by atoms with E-state index in [1.54, 1.807) is 11.3 Å². The third kappa shape index (κ3) is 4.19. The zero-order chi connectivity index (χ0) is 18.6. The molecule has 1 aromatic carbocycles. The number of thiophene rings is 1. The highest BCUT2D eigenvalue weighted by Crippen LogP contribution is 2.23. The largest absolute Gasteiger partial charge is 0.487 e. The van der Waals surface area contributed by atoms with Gasteiger partial charge < -0.3 is 9.64 Å². The molecule has 7 heteroatoms. The molecule has 3 heterocycles. The summed E-state index contributed by atoms with van der Waals surface area (Å²) in [4.78, 5) is 15.5. The zero-order valence-electron chi connectivity index (χ0n) is 15.2. The number of para-hydroxylation sites is 1. The molecule has 1 amide bonds. The lowest BCUT2D eigenvalue weighted by Gasteiger charge is -2.39. The standard InChI is InChI=1S/C20H22N4O2S/c1-15-9-10-27-19(15)7-8-20(25)23-12-17(13-23)24-11-16(21-22-24)14-26-18-5-3-2-4-6-18/h2-6,9-11,17H,7-8,12-14H2,1H3. The van der Waals surface area contributed by atoms with E-state index >= 15 is 0 Å². The molecule has 0 radical (unpaired) electrons. The summed E-state index contributed by atoms with van der Waals surface area (Å²) in [5.74, 6) is 1.03. The molecule has 0 bridgehead atoms. The third-order valence-corrected chi connectivity index (χ3v) is 5.89. The summed E-state index contributed by atoms with van der Waals surface area (Å²) in [6.45, 7) is 3.88. The first kappa shape index (κ1) is 17.7. The number of aromatic nitrogens is 3. The van der Waals surface area contributed by atoms with Gasteiger partial charge in [-0.3, -0.25) is 4.79 Å². The maximum Gasteiger partial charge on any atom is 0.223 e. The molecule has 4 rings (SSSR count). The van der Waals surface area contributed by atoms with Gasteiger partial charge in [-0.05, 0) is 42.5 Å². The summed E-state index contributed by atoms with van der Waals surface area (Å²) >= 11 is 1.73. The lowest BCUT2D eigenvalue weighted by atomic mass is 10.1. The summed E-state index contributed by atoms with van der Waals surface area (Å²) in [7, 11) is 0. The molecule has 0 spiro atoms. The lowest BCUT2D eigenvalue weighted by Crippen LogP contribution is -2.51. The van der Waals surface area contributed by atoms with Gasteiger partial charge in [0.05, 0.1) is 12.2 Å². The smallest absolute Gasteiger partial charge is 0.223 e. The minimum atomic E-state index is 0.204. The van der Waals surface area contributed by atoms with E-state index in [-0.39, 0.29) is 11.9 Å². The molecule has 1 aliphatic heterocycles. The van der Waals surface area contributed by atoms with Crippen molar-refractivity contribution in [2.75, 3.05) is 13.1 Å². The molecule has 3 aromatic rings. The Morgan fingerprint density at radius 1 is 1.26 bits per heavy atom. The van der Waals surface area contributed by atoms with Crippen molar-refractivity contribution in [3.8, 4) is 5.75 Å². The number of hydrogen-bond donors (Lipinski definition) is 0. The summed E-state index contributed by atoms with van der Waals surface area (Å²) in [5, 5.41) is 10.4. The molecule has 0 unspecified atom stereocenters. The molecule has 0 aliphatic carbocycles. The van der Waals surface area contributed by atoms with E-state index < -0.39 is 0 Å². The molecule has 1 aliphatic rings. The predicted molar refractivity (Wildman–Crippen MR) is 104 cm³/mol. The Hall–Kier alpha value is -2.67. The minimum absolute atomic E-state index is 0.204. The maximum atomic E-state index is 12.3. The Bertz CT molecular complexity index is 900. The number of aryl methyl sites for hydroxylation is 2. The van der Waals surface area contributed by atoms with E-state index in [0.29, 0.717) is 26.1 Å². The van der Waals surface area contributed by atoms with Crippen molar-refractivity contribution in [2.45, 2.75) is 32.4 Å². The van der Waals surface area contributed by atoms with Gasteiger partial charge in [0.2, 0.25) is 5.91 Å². The van der Waals surface area contributed by atoms with E-state index in [0.717, 1.165) is 17.9 Å². The fourth-order valence-corrected chi connectivity index (χ4v) is 4.01. The van der Waals surface area contributed by atoms with Gasteiger partial charge in [-0.15, -0.1) is 16.4 Å². The summed E-state index contributed by atoms with van der Waals surface area (Å²) < 4.78 is 7.54. The minimum Gasteiger partial charge on any atom is -0.487 e. The number of carbonyl (C=O) groups excluding carboxylic acids is 1. The van der Waals surface area contributed by atoms with Gasteiger partial charge in [0.1, 0.15) is 18.1 Å². The quantitative estimate of drug-likeness (QED) is 0.629. The Morgan fingerprint density at radius 3 is 2.81 bits per heavy atom. The molecule has 0 N–H and O–H groups in total. The van der Waals surface area contributed by atoms with E-state index in [9.17, 15) is 4.79 Å². The number of nitrogens with zero attached hydrogens (tertiary/aromatic N) is 4. The van der Waals surface area contributed by atoms with Crippen LogP contribution in [-0.2, 0) is 17.8 Å². The van der Waals surface area contributed by atoms with Crippen LogP contribution < -0.4 is 4.74 Å². The van der Waals surface area contributed by atoms with Crippen molar-refractivity contribution in [2.24, 2.45) is 0 Å². The monoisotopic (exact) mass is 382 g/mol. The van der Waals surface area contributed by atoms with Crippen molar-refractivity contribution in [3.05, 3.63) is 64.1 Å².